The summed E-state index contributed by atoms with van der Waals surface area (Å²) in [5.41, 5.74) is 1.67. The van der Waals surface area contributed by atoms with E-state index in [4.69, 9.17) is 0 Å². The van der Waals surface area contributed by atoms with Crippen LogP contribution in [-0.2, 0) is 10.4 Å². The van der Waals surface area contributed by atoms with Crippen molar-refractivity contribution in [1.82, 2.24) is 5.32 Å². The van der Waals surface area contributed by atoms with Gasteiger partial charge in [-0.15, -0.1) is 0 Å². The average Bonchev–Trinajstić information content (AvgIpc) is 2.56. The second-order valence-corrected chi connectivity index (χ2v) is 6.21. The van der Waals surface area contributed by atoms with Gasteiger partial charge in [-0.3, -0.25) is 4.79 Å². The van der Waals surface area contributed by atoms with Gasteiger partial charge in [0.1, 0.15) is 5.82 Å². The monoisotopic (exact) mass is 329 g/mol. The Morgan fingerprint density at radius 1 is 1.08 bits per heavy atom. The highest BCUT2D eigenvalue weighted by Crippen LogP contribution is 2.27. The van der Waals surface area contributed by atoms with E-state index >= 15 is 0 Å². The maximum absolute atomic E-state index is 13.0. The largest absolute Gasteiger partial charge is 0.385 e. The summed E-state index contributed by atoms with van der Waals surface area (Å²) in [7, 11) is 0. The van der Waals surface area contributed by atoms with Crippen LogP contribution < -0.4 is 5.32 Å². The molecule has 3 nitrogen and oxygen atoms in total. The van der Waals surface area contributed by atoms with Crippen LogP contribution in [0.3, 0.4) is 0 Å². The number of aliphatic hydroxyl groups is 1. The van der Waals surface area contributed by atoms with E-state index in [1.165, 1.54) is 12.1 Å². The van der Waals surface area contributed by atoms with Gasteiger partial charge in [0.2, 0.25) is 5.91 Å². The zero-order valence-electron chi connectivity index (χ0n) is 14.2. The number of carbonyl (C=O) groups is 1. The van der Waals surface area contributed by atoms with Crippen LogP contribution in [0, 0.1) is 5.82 Å². The average molecular weight is 329 g/mol. The Hall–Kier alpha value is -2.20. The Balaban J connectivity index is 2.00. The van der Waals surface area contributed by atoms with Crippen molar-refractivity contribution in [3.63, 3.8) is 0 Å². The first-order valence-electron chi connectivity index (χ1n) is 8.28. The normalized spacial score (nSPS) is 13.3. The predicted octanol–water partition coefficient (Wildman–Crippen LogP) is 4.01. The minimum atomic E-state index is -1.01. The molecule has 0 aromatic heterocycles. The summed E-state index contributed by atoms with van der Waals surface area (Å²) in [4.78, 5) is 11.5. The molecule has 1 atom stereocenters. The number of benzene rings is 2. The van der Waals surface area contributed by atoms with Gasteiger partial charge in [0.25, 0.3) is 0 Å². The molecule has 0 radical (unpaired) electrons. The van der Waals surface area contributed by atoms with Crippen LogP contribution in [0.5, 0.6) is 0 Å². The van der Waals surface area contributed by atoms with Gasteiger partial charge in [-0.1, -0.05) is 43.3 Å². The van der Waals surface area contributed by atoms with Gasteiger partial charge in [0, 0.05) is 13.0 Å². The number of hydrogen-bond acceptors (Lipinski definition) is 2. The maximum Gasteiger partial charge on any atom is 0.219 e. The molecule has 2 aromatic carbocycles. The number of amides is 1. The van der Waals surface area contributed by atoms with Gasteiger partial charge in [0.05, 0.1) is 5.60 Å². The molecule has 0 saturated heterocycles. The third-order valence-corrected chi connectivity index (χ3v) is 4.10. The van der Waals surface area contributed by atoms with Crippen LogP contribution in [0.2, 0.25) is 0 Å². The zero-order chi connectivity index (χ0) is 17.6. The molecule has 0 fully saturated rings. The minimum Gasteiger partial charge on any atom is -0.385 e. The van der Waals surface area contributed by atoms with E-state index in [0.29, 0.717) is 19.4 Å². The fourth-order valence-electron chi connectivity index (χ4n) is 2.57. The molecule has 1 unspecified atom stereocenters. The summed E-state index contributed by atoms with van der Waals surface area (Å²) in [6, 6.07) is 13.9. The molecule has 24 heavy (non-hydrogen) atoms. The van der Waals surface area contributed by atoms with Crippen LogP contribution in [0.15, 0.2) is 48.5 Å². The molecular formula is C20H24FNO2. The first kappa shape index (κ1) is 18.1. The molecular weight excluding hydrogens is 305 g/mol. The van der Waals surface area contributed by atoms with Crippen molar-refractivity contribution in [2.75, 3.05) is 6.54 Å². The quantitative estimate of drug-likeness (QED) is 0.806. The van der Waals surface area contributed by atoms with Crippen molar-refractivity contribution in [3.8, 4) is 11.1 Å². The number of carbonyl (C=O) groups excluding carboxylic acids is 1. The fourth-order valence-corrected chi connectivity index (χ4v) is 2.57. The highest BCUT2D eigenvalue weighted by atomic mass is 19.1. The van der Waals surface area contributed by atoms with Gasteiger partial charge in [0.15, 0.2) is 0 Å². The van der Waals surface area contributed by atoms with E-state index in [9.17, 15) is 14.3 Å². The van der Waals surface area contributed by atoms with Crippen LogP contribution in [-0.4, -0.2) is 17.6 Å². The van der Waals surface area contributed by atoms with Crippen LogP contribution in [0.4, 0.5) is 4.39 Å². The van der Waals surface area contributed by atoms with Gasteiger partial charge >= 0.3 is 0 Å². The van der Waals surface area contributed by atoms with Crippen molar-refractivity contribution in [1.29, 1.82) is 0 Å². The summed E-state index contributed by atoms with van der Waals surface area (Å²) in [5, 5.41) is 13.4. The minimum absolute atomic E-state index is 0.0138. The maximum atomic E-state index is 13.0. The lowest BCUT2D eigenvalue weighted by atomic mass is 9.91. The lowest BCUT2D eigenvalue weighted by molar-refractivity contribution is -0.121. The Morgan fingerprint density at radius 2 is 1.62 bits per heavy atom. The summed E-state index contributed by atoms with van der Waals surface area (Å²) < 4.78 is 13.0. The van der Waals surface area contributed by atoms with Gasteiger partial charge in [-0.25, -0.2) is 4.39 Å². The molecule has 4 heteroatoms. The Morgan fingerprint density at radius 3 is 2.17 bits per heavy atom. The summed E-state index contributed by atoms with van der Waals surface area (Å²) in [5.74, 6) is -0.247. The SMILES string of the molecule is CCCC(=O)NCCC(C)(O)c1ccc(-c2ccc(F)cc2)cc1. The Labute approximate surface area is 142 Å². The molecule has 0 heterocycles. The second-order valence-electron chi connectivity index (χ2n) is 6.21. The first-order valence-corrected chi connectivity index (χ1v) is 8.28. The Kier molecular flexibility index (Phi) is 6.10. The zero-order valence-corrected chi connectivity index (χ0v) is 14.2. The molecule has 1 amide bonds. The van der Waals surface area contributed by atoms with Crippen molar-refractivity contribution in [3.05, 3.63) is 59.9 Å². The standard InChI is InChI=1S/C20H24FNO2/c1-3-4-19(23)22-14-13-20(2,24)17-9-5-15(6-10-17)16-7-11-18(21)12-8-16/h5-12,24H,3-4,13-14H2,1-2H3,(H,22,23). The van der Waals surface area contributed by atoms with E-state index in [1.807, 2.05) is 31.2 Å². The Bertz CT molecular complexity index is 663. The lowest BCUT2D eigenvalue weighted by Crippen LogP contribution is -2.31. The second kappa shape index (κ2) is 8.06. The predicted molar refractivity (Wildman–Crippen MR) is 93.9 cm³/mol. The molecule has 0 aliphatic heterocycles. The van der Waals surface area contributed by atoms with Crippen LogP contribution in [0.25, 0.3) is 11.1 Å². The van der Waals surface area contributed by atoms with Gasteiger partial charge in [-0.2, -0.15) is 0 Å². The smallest absolute Gasteiger partial charge is 0.219 e. The first-order chi connectivity index (χ1) is 11.4. The van der Waals surface area contributed by atoms with E-state index in [-0.39, 0.29) is 11.7 Å². The molecule has 2 rings (SSSR count). The van der Waals surface area contributed by atoms with Crippen molar-refractivity contribution in [2.24, 2.45) is 0 Å². The third-order valence-electron chi connectivity index (χ3n) is 4.10. The molecule has 0 aliphatic rings. The molecule has 0 saturated carbocycles. The third kappa shape index (κ3) is 4.90. The molecule has 0 aliphatic carbocycles. The number of rotatable bonds is 7. The molecule has 0 bridgehead atoms. The van der Waals surface area contributed by atoms with Gasteiger partial charge < -0.3 is 10.4 Å². The topological polar surface area (TPSA) is 49.3 Å². The molecule has 128 valence electrons. The van der Waals surface area contributed by atoms with Crippen LogP contribution >= 0.6 is 0 Å². The molecule has 2 N–H and O–H groups in total. The van der Waals surface area contributed by atoms with Crippen molar-refractivity contribution >= 4 is 5.91 Å². The summed E-state index contributed by atoms with van der Waals surface area (Å²) >= 11 is 0. The number of nitrogens with one attached hydrogen (secondary N) is 1. The molecule has 2 aromatic rings. The number of hydrogen-bond donors (Lipinski definition) is 2. The highest BCUT2D eigenvalue weighted by molar-refractivity contribution is 5.75. The van der Waals surface area contributed by atoms with E-state index in [1.54, 1.807) is 19.1 Å². The van der Waals surface area contributed by atoms with E-state index in [0.717, 1.165) is 23.1 Å². The van der Waals surface area contributed by atoms with E-state index in [2.05, 4.69) is 5.32 Å². The number of halogens is 1. The summed E-state index contributed by atoms with van der Waals surface area (Å²) in [6.45, 7) is 4.13. The van der Waals surface area contributed by atoms with Gasteiger partial charge in [-0.05, 0) is 48.6 Å². The lowest BCUT2D eigenvalue weighted by Gasteiger charge is -2.24. The van der Waals surface area contributed by atoms with Crippen molar-refractivity contribution < 1.29 is 14.3 Å². The van der Waals surface area contributed by atoms with E-state index < -0.39 is 5.60 Å². The fraction of sp³-hybridized carbons (Fsp3) is 0.350. The molecule has 0 spiro atoms. The highest BCUT2D eigenvalue weighted by Gasteiger charge is 2.22. The van der Waals surface area contributed by atoms with Crippen LogP contribution in [0.1, 0.15) is 38.7 Å². The summed E-state index contributed by atoms with van der Waals surface area (Å²) in [6.07, 6.45) is 1.76. The van der Waals surface area contributed by atoms with Crippen molar-refractivity contribution in [2.45, 2.75) is 38.7 Å².